The molecule has 108 valence electrons. The maximum absolute atomic E-state index is 12.4. The van der Waals surface area contributed by atoms with Crippen molar-refractivity contribution in [1.82, 2.24) is 9.80 Å². The van der Waals surface area contributed by atoms with Crippen LogP contribution in [-0.4, -0.2) is 46.3 Å². The maximum Gasteiger partial charge on any atom is 0.281 e. The van der Waals surface area contributed by atoms with Crippen LogP contribution in [0, 0.1) is 0 Å². The zero-order valence-electron chi connectivity index (χ0n) is 11.3. The lowest BCUT2D eigenvalue weighted by molar-refractivity contribution is -0.132. The molecule has 6 heteroatoms. The summed E-state index contributed by atoms with van der Waals surface area (Å²) in [7, 11) is 0. The van der Waals surface area contributed by atoms with Gasteiger partial charge in [-0.3, -0.25) is 9.59 Å². The zero-order chi connectivity index (χ0) is 13.9. The lowest BCUT2D eigenvalue weighted by atomic mass is 10.1. The number of thiophene rings is 1. The first kappa shape index (κ1) is 13.9. The van der Waals surface area contributed by atoms with Gasteiger partial charge in [-0.15, -0.1) is 0 Å². The van der Waals surface area contributed by atoms with Gasteiger partial charge in [0.1, 0.15) is 0 Å². The minimum Gasteiger partial charge on any atom is -0.336 e. The predicted octanol–water partition coefficient (Wildman–Crippen LogP) is 2.97. The Morgan fingerprint density at radius 2 is 2.30 bits per heavy atom. The minimum absolute atomic E-state index is 0.119. The smallest absolute Gasteiger partial charge is 0.281 e. The molecule has 0 aliphatic carbocycles. The summed E-state index contributed by atoms with van der Waals surface area (Å²) in [5.74, 6) is 1.04. The molecule has 4 nitrogen and oxygen atoms in total. The summed E-state index contributed by atoms with van der Waals surface area (Å²) >= 11 is 3.03. The molecule has 0 aromatic carbocycles. The van der Waals surface area contributed by atoms with E-state index in [1.165, 1.54) is 17.3 Å². The summed E-state index contributed by atoms with van der Waals surface area (Å²) in [4.78, 5) is 27.7. The van der Waals surface area contributed by atoms with Gasteiger partial charge in [0.05, 0.1) is 6.04 Å². The summed E-state index contributed by atoms with van der Waals surface area (Å²) in [5.41, 5.74) is 1.26. The van der Waals surface area contributed by atoms with Crippen LogP contribution in [0.4, 0.5) is 4.79 Å². The van der Waals surface area contributed by atoms with E-state index in [1.54, 1.807) is 16.2 Å². The highest BCUT2D eigenvalue weighted by Gasteiger charge is 2.30. The Morgan fingerprint density at radius 1 is 1.40 bits per heavy atom. The van der Waals surface area contributed by atoms with E-state index in [-0.39, 0.29) is 17.2 Å². The highest BCUT2D eigenvalue weighted by Crippen LogP contribution is 2.33. The third kappa shape index (κ3) is 2.86. The van der Waals surface area contributed by atoms with Gasteiger partial charge in [0, 0.05) is 31.8 Å². The highest BCUT2D eigenvalue weighted by atomic mass is 32.2. The number of hydrogen-bond acceptors (Lipinski definition) is 4. The van der Waals surface area contributed by atoms with E-state index < -0.39 is 0 Å². The summed E-state index contributed by atoms with van der Waals surface area (Å²) in [6.45, 7) is 2.20. The third-order valence-corrected chi connectivity index (χ3v) is 5.53. The summed E-state index contributed by atoms with van der Waals surface area (Å²) in [6.07, 6.45) is 2.58. The van der Waals surface area contributed by atoms with Crippen LogP contribution in [0.25, 0.3) is 0 Å². The van der Waals surface area contributed by atoms with E-state index in [2.05, 4.69) is 16.8 Å². The van der Waals surface area contributed by atoms with Crippen molar-refractivity contribution >= 4 is 34.2 Å². The lowest BCUT2D eigenvalue weighted by Crippen LogP contribution is -2.34. The van der Waals surface area contributed by atoms with E-state index in [1.807, 2.05) is 4.90 Å². The fourth-order valence-electron chi connectivity index (χ4n) is 2.88. The zero-order valence-corrected chi connectivity index (χ0v) is 12.9. The van der Waals surface area contributed by atoms with Crippen LogP contribution >= 0.6 is 23.1 Å². The van der Waals surface area contributed by atoms with E-state index in [0.29, 0.717) is 13.0 Å². The van der Waals surface area contributed by atoms with Crippen molar-refractivity contribution in [2.24, 2.45) is 0 Å². The van der Waals surface area contributed by atoms with Crippen LogP contribution in [0.5, 0.6) is 0 Å². The average Bonchev–Trinajstić information content (AvgIpc) is 3.17. The topological polar surface area (TPSA) is 40.6 Å². The van der Waals surface area contributed by atoms with E-state index in [9.17, 15) is 9.59 Å². The van der Waals surface area contributed by atoms with Crippen LogP contribution in [0.15, 0.2) is 16.8 Å². The summed E-state index contributed by atoms with van der Waals surface area (Å²) in [5, 5.41) is 4.32. The molecule has 2 amide bonds. The number of rotatable bonds is 4. The second-order valence-corrected chi connectivity index (χ2v) is 6.98. The van der Waals surface area contributed by atoms with E-state index >= 15 is 0 Å². The third-order valence-electron chi connectivity index (χ3n) is 3.94. The fourth-order valence-corrected chi connectivity index (χ4v) is 4.44. The Hall–Kier alpha value is -1.01. The second-order valence-electron chi connectivity index (χ2n) is 5.15. The average molecular weight is 310 g/mol. The first-order valence-corrected chi connectivity index (χ1v) is 8.92. The van der Waals surface area contributed by atoms with Gasteiger partial charge in [0.25, 0.3) is 5.24 Å². The van der Waals surface area contributed by atoms with Crippen LogP contribution in [0.2, 0.25) is 0 Å². The van der Waals surface area contributed by atoms with E-state index in [4.69, 9.17) is 0 Å². The number of carbonyl (C=O) groups excluding carboxylic acids is 2. The summed E-state index contributed by atoms with van der Waals surface area (Å²) < 4.78 is 0. The van der Waals surface area contributed by atoms with Crippen molar-refractivity contribution in [2.75, 3.05) is 25.4 Å². The minimum atomic E-state index is 0.119. The van der Waals surface area contributed by atoms with Crippen molar-refractivity contribution in [2.45, 2.75) is 25.3 Å². The van der Waals surface area contributed by atoms with Crippen LogP contribution < -0.4 is 0 Å². The van der Waals surface area contributed by atoms with Gasteiger partial charge in [0.2, 0.25) is 5.91 Å². The normalized spacial score (nSPS) is 22.8. The molecule has 0 saturated carbocycles. The molecule has 2 aliphatic heterocycles. The van der Waals surface area contributed by atoms with Crippen molar-refractivity contribution in [1.29, 1.82) is 0 Å². The SMILES string of the molecule is O=C1SCCN1CCC(=O)N1CCC[C@@H]1c1ccsc1. The molecule has 3 rings (SSSR count). The molecule has 1 aromatic heterocycles. The van der Waals surface area contributed by atoms with Gasteiger partial charge < -0.3 is 9.80 Å². The van der Waals surface area contributed by atoms with Crippen molar-refractivity contribution in [3.8, 4) is 0 Å². The second kappa shape index (κ2) is 6.18. The molecule has 2 aliphatic rings. The van der Waals surface area contributed by atoms with Gasteiger partial charge in [-0.25, -0.2) is 0 Å². The molecule has 2 fully saturated rings. The van der Waals surface area contributed by atoms with Gasteiger partial charge in [-0.05, 0) is 35.2 Å². The number of carbonyl (C=O) groups is 2. The Labute approximate surface area is 127 Å². The molecular weight excluding hydrogens is 292 g/mol. The van der Waals surface area contributed by atoms with Gasteiger partial charge in [-0.1, -0.05) is 11.8 Å². The Balaban J connectivity index is 1.57. The highest BCUT2D eigenvalue weighted by molar-refractivity contribution is 8.13. The first-order chi connectivity index (χ1) is 9.75. The largest absolute Gasteiger partial charge is 0.336 e. The van der Waals surface area contributed by atoms with E-state index in [0.717, 1.165) is 31.7 Å². The molecule has 0 spiro atoms. The van der Waals surface area contributed by atoms with Crippen LogP contribution in [0.1, 0.15) is 30.9 Å². The number of likely N-dealkylation sites (tertiary alicyclic amines) is 1. The number of amides is 2. The molecule has 0 unspecified atom stereocenters. The number of hydrogen-bond donors (Lipinski definition) is 0. The molecule has 1 atom stereocenters. The maximum atomic E-state index is 12.4. The molecular formula is C14H18N2O2S2. The van der Waals surface area contributed by atoms with Crippen molar-refractivity contribution in [3.05, 3.63) is 22.4 Å². The van der Waals surface area contributed by atoms with Crippen molar-refractivity contribution < 1.29 is 9.59 Å². The molecule has 0 bridgehead atoms. The van der Waals surface area contributed by atoms with Gasteiger partial charge in [0.15, 0.2) is 0 Å². The Bertz CT molecular complexity index is 489. The predicted molar refractivity (Wildman–Crippen MR) is 82.1 cm³/mol. The van der Waals surface area contributed by atoms with Crippen molar-refractivity contribution in [3.63, 3.8) is 0 Å². The van der Waals surface area contributed by atoms with Crippen LogP contribution in [0.3, 0.4) is 0 Å². The summed E-state index contributed by atoms with van der Waals surface area (Å²) in [6, 6.07) is 2.36. The number of nitrogens with zero attached hydrogens (tertiary/aromatic N) is 2. The van der Waals surface area contributed by atoms with Gasteiger partial charge >= 0.3 is 0 Å². The molecule has 0 N–H and O–H groups in total. The first-order valence-electron chi connectivity index (χ1n) is 6.99. The molecule has 3 heterocycles. The Kier molecular flexibility index (Phi) is 4.31. The standard InChI is InChI=1S/C14H18N2O2S2/c17-13(3-6-15-7-9-20-14(15)18)16-5-1-2-12(16)11-4-8-19-10-11/h4,8,10,12H,1-3,5-7,9H2/t12-/m1/s1. The Morgan fingerprint density at radius 3 is 3.00 bits per heavy atom. The number of thioether (sulfide) groups is 1. The molecule has 1 aromatic rings. The molecule has 2 saturated heterocycles. The molecule has 0 radical (unpaired) electrons. The molecule has 20 heavy (non-hydrogen) atoms. The monoisotopic (exact) mass is 310 g/mol. The fraction of sp³-hybridized carbons (Fsp3) is 0.571. The van der Waals surface area contributed by atoms with Crippen LogP contribution in [-0.2, 0) is 4.79 Å². The quantitative estimate of drug-likeness (QED) is 0.858. The van der Waals surface area contributed by atoms with Gasteiger partial charge in [-0.2, -0.15) is 11.3 Å². The lowest BCUT2D eigenvalue weighted by Gasteiger charge is -2.25.